The lowest BCUT2D eigenvalue weighted by atomic mass is 9.95. The highest BCUT2D eigenvalue weighted by Gasteiger charge is 2.37. The van der Waals surface area contributed by atoms with Crippen LogP contribution in [0.5, 0.6) is 0 Å². The minimum Gasteiger partial charge on any atom is -0.242 e. The first-order valence-corrected chi connectivity index (χ1v) is 9.09. The molecule has 1 saturated carbocycles. The maximum atomic E-state index is 12.5. The highest BCUT2D eigenvalue weighted by Crippen LogP contribution is 2.49. The van der Waals surface area contributed by atoms with Gasteiger partial charge in [-0.15, -0.1) is 0 Å². The number of hydrogen-bond acceptors (Lipinski definition) is 1. The van der Waals surface area contributed by atoms with Crippen LogP contribution in [0, 0.1) is 12.3 Å². The van der Waals surface area contributed by atoms with Gasteiger partial charge < -0.3 is 0 Å². The Labute approximate surface area is 132 Å². The van der Waals surface area contributed by atoms with Crippen molar-refractivity contribution in [2.75, 3.05) is 0 Å². The third-order valence-electron chi connectivity index (χ3n) is 4.43. The van der Waals surface area contributed by atoms with Gasteiger partial charge in [-0.1, -0.05) is 36.8 Å². The topological polar surface area (TPSA) is 29.1 Å². The van der Waals surface area contributed by atoms with E-state index in [9.17, 15) is 4.21 Å². The quantitative estimate of drug-likeness (QED) is 0.813. The van der Waals surface area contributed by atoms with Gasteiger partial charge in [-0.3, -0.25) is 0 Å². The molecule has 2 rings (SSSR count). The van der Waals surface area contributed by atoms with Crippen LogP contribution in [0.25, 0.3) is 0 Å². The van der Waals surface area contributed by atoms with E-state index >= 15 is 0 Å². The molecule has 1 aliphatic carbocycles. The highest BCUT2D eigenvalue weighted by atomic mass is 32.2. The summed E-state index contributed by atoms with van der Waals surface area (Å²) in [6, 6.07) is 8.80. The Morgan fingerprint density at radius 1 is 1.24 bits per heavy atom. The fraction of sp³-hybridized carbons (Fsp3) is 0.667. The molecule has 0 heterocycles. The summed E-state index contributed by atoms with van der Waals surface area (Å²) in [6.07, 6.45) is 4.95. The van der Waals surface area contributed by atoms with Gasteiger partial charge in [0, 0.05) is 6.04 Å². The Balaban J connectivity index is 2.09. The molecule has 1 aromatic rings. The van der Waals surface area contributed by atoms with Crippen molar-refractivity contribution in [2.24, 2.45) is 5.41 Å². The fourth-order valence-electron chi connectivity index (χ4n) is 2.35. The predicted octanol–water partition coefficient (Wildman–Crippen LogP) is 4.67. The van der Waals surface area contributed by atoms with Crippen LogP contribution in [-0.4, -0.2) is 8.96 Å². The van der Waals surface area contributed by atoms with E-state index in [0.29, 0.717) is 5.41 Å². The van der Waals surface area contributed by atoms with Gasteiger partial charge in [-0.2, -0.15) is 0 Å². The lowest BCUT2D eigenvalue weighted by Crippen LogP contribution is -2.36. The van der Waals surface area contributed by atoms with E-state index in [1.54, 1.807) is 0 Å². The third kappa shape index (κ3) is 4.93. The molecule has 0 spiro atoms. The average molecular weight is 308 g/mol. The Morgan fingerprint density at radius 3 is 2.29 bits per heavy atom. The molecule has 1 fully saturated rings. The smallest absolute Gasteiger partial charge is 0.0975 e. The third-order valence-corrected chi connectivity index (χ3v) is 6.04. The Hall–Kier alpha value is -0.670. The molecule has 0 aliphatic heterocycles. The number of benzene rings is 1. The normalized spacial score (nSPS) is 20.0. The first-order valence-electron chi connectivity index (χ1n) is 7.94. The Morgan fingerprint density at radius 2 is 1.81 bits per heavy atom. The van der Waals surface area contributed by atoms with Crippen LogP contribution >= 0.6 is 0 Å². The van der Waals surface area contributed by atoms with Crippen LogP contribution in [0.3, 0.4) is 0 Å². The summed E-state index contributed by atoms with van der Waals surface area (Å²) in [5.41, 5.74) is 3.06. The van der Waals surface area contributed by atoms with E-state index in [2.05, 4.69) is 42.8 Å². The van der Waals surface area contributed by atoms with Crippen molar-refractivity contribution in [3.63, 3.8) is 0 Å². The summed E-state index contributed by atoms with van der Waals surface area (Å²) in [6.45, 7) is 10.5. The van der Waals surface area contributed by atoms with Crippen LogP contribution < -0.4 is 4.72 Å². The maximum absolute atomic E-state index is 12.5. The average Bonchev–Trinajstić information content (AvgIpc) is 3.13. The van der Waals surface area contributed by atoms with Crippen LogP contribution in [-0.2, 0) is 11.0 Å². The molecule has 21 heavy (non-hydrogen) atoms. The first-order chi connectivity index (χ1) is 9.70. The van der Waals surface area contributed by atoms with E-state index in [1.807, 2.05) is 20.8 Å². The Bertz CT molecular complexity index is 497. The molecule has 0 amide bonds. The molecule has 1 aromatic carbocycles. The summed E-state index contributed by atoms with van der Waals surface area (Å²) >= 11 is 0. The van der Waals surface area contributed by atoms with Gasteiger partial charge in [-0.25, -0.2) is 8.93 Å². The standard InChI is InChI=1S/C18H29NOS/c1-14-6-8-15(9-7-14)16(10-11-18(5)12-13-18)19-21(20)17(2,3)4/h6-9,16,19H,10-13H2,1-5H3. The lowest BCUT2D eigenvalue weighted by Gasteiger charge is -2.25. The molecule has 0 bridgehead atoms. The van der Waals surface area contributed by atoms with Crippen molar-refractivity contribution < 1.29 is 4.21 Å². The zero-order valence-electron chi connectivity index (χ0n) is 14.0. The summed E-state index contributed by atoms with van der Waals surface area (Å²) in [5.74, 6) is 0. The number of rotatable bonds is 6. The zero-order valence-corrected chi connectivity index (χ0v) is 14.8. The van der Waals surface area contributed by atoms with Gasteiger partial charge in [0.2, 0.25) is 0 Å². The second kappa shape index (κ2) is 6.21. The minimum atomic E-state index is -1.03. The fourth-order valence-corrected chi connectivity index (χ4v) is 3.22. The summed E-state index contributed by atoms with van der Waals surface area (Å²) in [7, 11) is -1.03. The van der Waals surface area contributed by atoms with E-state index < -0.39 is 11.0 Å². The highest BCUT2D eigenvalue weighted by molar-refractivity contribution is 7.84. The summed E-state index contributed by atoms with van der Waals surface area (Å²) in [5, 5.41) is 0. The molecule has 2 nitrogen and oxygen atoms in total. The molecule has 0 aromatic heterocycles. The maximum Gasteiger partial charge on any atom is 0.0975 e. The molecule has 0 saturated heterocycles. The van der Waals surface area contributed by atoms with Crippen molar-refractivity contribution in [3.8, 4) is 0 Å². The van der Waals surface area contributed by atoms with Gasteiger partial charge in [0.05, 0.1) is 15.7 Å². The Kier molecular flexibility index (Phi) is 4.94. The second-order valence-corrected chi connectivity index (χ2v) is 9.81. The van der Waals surface area contributed by atoms with Crippen molar-refractivity contribution in [3.05, 3.63) is 35.4 Å². The summed E-state index contributed by atoms with van der Waals surface area (Å²) < 4.78 is 15.6. The van der Waals surface area contributed by atoms with Gasteiger partial charge >= 0.3 is 0 Å². The van der Waals surface area contributed by atoms with Gasteiger partial charge in [-0.05, 0) is 64.4 Å². The van der Waals surface area contributed by atoms with E-state index in [-0.39, 0.29) is 10.8 Å². The molecular weight excluding hydrogens is 278 g/mol. The molecule has 0 radical (unpaired) electrons. The SMILES string of the molecule is Cc1ccc(C(CCC2(C)CC2)NS(=O)C(C)(C)C)cc1. The van der Waals surface area contributed by atoms with E-state index in [0.717, 1.165) is 6.42 Å². The van der Waals surface area contributed by atoms with Crippen molar-refractivity contribution >= 4 is 11.0 Å². The molecule has 3 heteroatoms. The second-order valence-electron chi connectivity index (χ2n) is 7.81. The van der Waals surface area contributed by atoms with Crippen LogP contribution in [0.15, 0.2) is 24.3 Å². The largest absolute Gasteiger partial charge is 0.242 e. The van der Waals surface area contributed by atoms with Crippen LogP contribution in [0.2, 0.25) is 0 Å². The predicted molar refractivity (Wildman–Crippen MR) is 91.5 cm³/mol. The van der Waals surface area contributed by atoms with Gasteiger partial charge in [0.15, 0.2) is 0 Å². The molecule has 2 unspecified atom stereocenters. The van der Waals surface area contributed by atoms with E-state index in [1.165, 1.54) is 30.4 Å². The molecule has 2 atom stereocenters. The molecule has 1 N–H and O–H groups in total. The first kappa shape index (κ1) is 16.7. The number of hydrogen-bond donors (Lipinski definition) is 1. The van der Waals surface area contributed by atoms with Crippen LogP contribution in [0.1, 0.15) is 70.5 Å². The van der Waals surface area contributed by atoms with Gasteiger partial charge in [0.1, 0.15) is 0 Å². The zero-order chi connectivity index (χ0) is 15.7. The lowest BCUT2D eigenvalue weighted by molar-refractivity contribution is 0.444. The minimum absolute atomic E-state index is 0.183. The van der Waals surface area contributed by atoms with Gasteiger partial charge in [0.25, 0.3) is 0 Å². The molecule has 1 aliphatic rings. The van der Waals surface area contributed by atoms with Crippen LogP contribution in [0.4, 0.5) is 0 Å². The number of aryl methyl sites for hydroxylation is 1. The van der Waals surface area contributed by atoms with Crippen molar-refractivity contribution in [1.82, 2.24) is 4.72 Å². The molecular formula is C18H29NOS. The monoisotopic (exact) mass is 307 g/mol. The van der Waals surface area contributed by atoms with Crippen molar-refractivity contribution in [2.45, 2.75) is 71.1 Å². The van der Waals surface area contributed by atoms with Crippen molar-refractivity contribution in [1.29, 1.82) is 0 Å². The number of nitrogens with one attached hydrogen (secondary N) is 1. The summed E-state index contributed by atoms with van der Waals surface area (Å²) in [4.78, 5) is 0. The van der Waals surface area contributed by atoms with E-state index in [4.69, 9.17) is 0 Å². The molecule has 118 valence electrons.